The highest BCUT2D eigenvalue weighted by molar-refractivity contribution is 6.33. The van der Waals surface area contributed by atoms with Gasteiger partial charge in [-0.15, -0.1) is 0 Å². The zero-order valence-electron chi connectivity index (χ0n) is 12.2. The van der Waals surface area contributed by atoms with Crippen LogP contribution >= 0.6 is 11.6 Å². The molecular formula is C16H15ClN4O. The van der Waals surface area contributed by atoms with Gasteiger partial charge in [-0.1, -0.05) is 23.7 Å². The summed E-state index contributed by atoms with van der Waals surface area (Å²) in [5, 5.41) is 4.94. The minimum atomic E-state index is 0.445. The first kappa shape index (κ1) is 13.5. The fourth-order valence-electron chi connectivity index (χ4n) is 2.46. The van der Waals surface area contributed by atoms with Gasteiger partial charge in [0.2, 0.25) is 0 Å². The van der Waals surface area contributed by atoms with Crippen LogP contribution in [-0.4, -0.2) is 26.9 Å². The number of fused-ring (bicyclic) bond motifs is 1. The average molecular weight is 315 g/mol. The maximum absolute atomic E-state index is 6.25. The van der Waals surface area contributed by atoms with Crippen molar-refractivity contribution in [1.82, 2.24) is 19.7 Å². The maximum atomic E-state index is 6.25. The summed E-state index contributed by atoms with van der Waals surface area (Å²) in [4.78, 5) is 8.96. The van der Waals surface area contributed by atoms with Crippen molar-refractivity contribution < 1.29 is 4.74 Å². The third kappa shape index (κ3) is 2.52. The number of benzene rings is 1. The molecule has 1 aliphatic rings. The minimum Gasteiger partial charge on any atom is -0.497 e. The Labute approximate surface area is 132 Å². The van der Waals surface area contributed by atoms with Gasteiger partial charge in [-0.3, -0.25) is 4.68 Å². The molecule has 2 heterocycles. The van der Waals surface area contributed by atoms with Crippen LogP contribution in [-0.2, 0) is 6.54 Å². The van der Waals surface area contributed by atoms with Gasteiger partial charge in [0.25, 0.3) is 0 Å². The number of nitrogens with zero attached hydrogens (tertiary/aromatic N) is 4. The molecule has 0 aliphatic heterocycles. The number of ether oxygens (including phenoxy) is 1. The number of aromatic nitrogens is 4. The Morgan fingerprint density at radius 2 is 2.00 bits per heavy atom. The zero-order valence-corrected chi connectivity index (χ0v) is 12.9. The van der Waals surface area contributed by atoms with E-state index in [1.54, 1.807) is 7.11 Å². The molecule has 0 N–H and O–H groups in total. The highest BCUT2D eigenvalue weighted by Gasteiger charge is 2.27. The summed E-state index contributed by atoms with van der Waals surface area (Å²) < 4.78 is 7.02. The molecule has 22 heavy (non-hydrogen) atoms. The normalized spacial score (nSPS) is 14.5. The Bertz CT molecular complexity index is 824. The summed E-state index contributed by atoms with van der Waals surface area (Å²) in [6.45, 7) is 0.662. The van der Waals surface area contributed by atoms with Gasteiger partial charge >= 0.3 is 0 Å². The predicted octanol–water partition coefficient (Wildman–Crippen LogP) is 3.41. The van der Waals surface area contributed by atoms with Gasteiger partial charge in [0, 0.05) is 5.92 Å². The van der Waals surface area contributed by atoms with Crippen LogP contribution in [0.5, 0.6) is 5.75 Å². The Kier molecular flexibility index (Phi) is 3.22. The Balaban J connectivity index is 1.65. The SMILES string of the molecule is COc1ccc(Cn2cc3nc(C4CC4)nc(Cl)c3n2)cc1. The number of methoxy groups -OCH3 is 1. The number of rotatable bonds is 4. The standard InChI is InChI=1S/C16H15ClN4O/c1-22-12-6-2-10(3-7-12)8-21-9-13-14(20-21)15(17)19-16(18-13)11-4-5-11/h2-3,6-7,9,11H,4-5,8H2,1H3. The van der Waals surface area contributed by atoms with E-state index in [4.69, 9.17) is 16.3 Å². The van der Waals surface area contributed by atoms with Gasteiger partial charge in [0.15, 0.2) is 5.15 Å². The lowest BCUT2D eigenvalue weighted by molar-refractivity contribution is 0.414. The van der Waals surface area contributed by atoms with Gasteiger partial charge in [-0.25, -0.2) is 9.97 Å². The zero-order chi connectivity index (χ0) is 15.1. The van der Waals surface area contributed by atoms with Crippen LogP contribution in [0.2, 0.25) is 5.15 Å². The number of hydrogen-bond acceptors (Lipinski definition) is 4. The topological polar surface area (TPSA) is 52.8 Å². The van der Waals surface area contributed by atoms with E-state index in [2.05, 4.69) is 15.1 Å². The third-order valence-corrected chi connectivity index (χ3v) is 4.10. The highest BCUT2D eigenvalue weighted by atomic mass is 35.5. The molecule has 1 aromatic carbocycles. The highest BCUT2D eigenvalue weighted by Crippen LogP contribution is 2.39. The summed E-state index contributed by atoms with van der Waals surface area (Å²) in [5.41, 5.74) is 2.62. The lowest BCUT2D eigenvalue weighted by Gasteiger charge is -2.03. The smallest absolute Gasteiger partial charge is 0.160 e. The molecule has 2 aromatic heterocycles. The van der Waals surface area contributed by atoms with Crippen molar-refractivity contribution in [1.29, 1.82) is 0 Å². The lowest BCUT2D eigenvalue weighted by Crippen LogP contribution is -1.99. The van der Waals surface area contributed by atoms with E-state index in [0.29, 0.717) is 23.1 Å². The fourth-order valence-corrected chi connectivity index (χ4v) is 2.69. The second kappa shape index (κ2) is 5.25. The summed E-state index contributed by atoms with van der Waals surface area (Å²) in [5.74, 6) is 2.17. The van der Waals surface area contributed by atoms with Crippen molar-refractivity contribution in [3.05, 3.63) is 47.0 Å². The molecule has 0 amide bonds. The monoisotopic (exact) mass is 314 g/mol. The van der Waals surface area contributed by atoms with Crippen molar-refractivity contribution in [2.75, 3.05) is 7.11 Å². The summed E-state index contributed by atoms with van der Waals surface area (Å²) in [7, 11) is 1.66. The van der Waals surface area contributed by atoms with Crippen molar-refractivity contribution in [2.24, 2.45) is 0 Å². The van der Waals surface area contributed by atoms with Crippen LogP contribution in [0.15, 0.2) is 30.5 Å². The molecular weight excluding hydrogens is 300 g/mol. The summed E-state index contributed by atoms with van der Waals surface area (Å²) in [6.07, 6.45) is 4.24. The first-order valence-electron chi connectivity index (χ1n) is 7.26. The van der Waals surface area contributed by atoms with Gasteiger partial charge in [0.1, 0.15) is 22.6 Å². The van der Waals surface area contributed by atoms with Crippen molar-refractivity contribution in [3.63, 3.8) is 0 Å². The molecule has 1 aliphatic carbocycles. The Morgan fingerprint density at radius 1 is 1.23 bits per heavy atom. The van der Waals surface area contributed by atoms with Gasteiger partial charge in [-0.05, 0) is 30.5 Å². The molecule has 0 bridgehead atoms. The molecule has 1 saturated carbocycles. The number of halogens is 1. The van der Waals surface area contributed by atoms with Crippen LogP contribution in [0.4, 0.5) is 0 Å². The van der Waals surface area contributed by atoms with Crippen molar-refractivity contribution in [2.45, 2.75) is 25.3 Å². The Morgan fingerprint density at radius 3 is 2.68 bits per heavy atom. The first-order chi connectivity index (χ1) is 10.7. The third-order valence-electron chi connectivity index (χ3n) is 3.83. The molecule has 0 saturated heterocycles. The lowest BCUT2D eigenvalue weighted by atomic mass is 10.2. The molecule has 6 heteroatoms. The van der Waals surface area contributed by atoms with Crippen LogP contribution in [0.3, 0.4) is 0 Å². The van der Waals surface area contributed by atoms with Crippen LogP contribution in [0.1, 0.15) is 30.1 Å². The quantitative estimate of drug-likeness (QED) is 0.692. The Hall–Kier alpha value is -2.14. The molecule has 0 atom stereocenters. The van der Waals surface area contributed by atoms with Gasteiger partial charge in [0.05, 0.1) is 19.9 Å². The summed E-state index contributed by atoms with van der Waals surface area (Å²) in [6, 6.07) is 7.93. The van der Waals surface area contributed by atoms with Crippen LogP contribution < -0.4 is 4.74 Å². The van der Waals surface area contributed by atoms with Crippen molar-refractivity contribution >= 4 is 22.6 Å². The minimum absolute atomic E-state index is 0.445. The number of hydrogen-bond donors (Lipinski definition) is 0. The van der Waals surface area contributed by atoms with E-state index < -0.39 is 0 Å². The van der Waals surface area contributed by atoms with Gasteiger partial charge in [-0.2, -0.15) is 5.10 Å². The fraction of sp³-hybridized carbons (Fsp3) is 0.312. The van der Waals surface area contributed by atoms with E-state index in [0.717, 1.165) is 35.5 Å². The molecule has 3 aromatic rings. The molecule has 0 radical (unpaired) electrons. The van der Waals surface area contributed by atoms with E-state index >= 15 is 0 Å². The average Bonchev–Trinajstić information content (AvgIpc) is 3.29. The maximum Gasteiger partial charge on any atom is 0.160 e. The van der Waals surface area contributed by atoms with E-state index in [-0.39, 0.29) is 0 Å². The second-order valence-electron chi connectivity index (χ2n) is 5.56. The largest absolute Gasteiger partial charge is 0.497 e. The van der Waals surface area contributed by atoms with E-state index in [1.165, 1.54) is 0 Å². The molecule has 1 fully saturated rings. The molecule has 0 spiro atoms. The molecule has 0 unspecified atom stereocenters. The van der Waals surface area contributed by atoms with Crippen molar-refractivity contribution in [3.8, 4) is 5.75 Å². The second-order valence-corrected chi connectivity index (χ2v) is 5.91. The first-order valence-corrected chi connectivity index (χ1v) is 7.64. The predicted molar refractivity (Wildman–Crippen MR) is 84.4 cm³/mol. The van der Waals surface area contributed by atoms with E-state index in [1.807, 2.05) is 35.1 Å². The van der Waals surface area contributed by atoms with Crippen LogP contribution in [0.25, 0.3) is 11.0 Å². The summed E-state index contributed by atoms with van der Waals surface area (Å²) >= 11 is 6.25. The molecule has 112 valence electrons. The van der Waals surface area contributed by atoms with E-state index in [9.17, 15) is 0 Å². The van der Waals surface area contributed by atoms with Crippen LogP contribution in [0, 0.1) is 0 Å². The molecule has 4 rings (SSSR count). The molecule has 5 nitrogen and oxygen atoms in total. The van der Waals surface area contributed by atoms with Gasteiger partial charge < -0.3 is 4.74 Å².